The Bertz CT molecular complexity index is 1510. The lowest BCUT2D eigenvalue weighted by molar-refractivity contribution is 0.0981. The third kappa shape index (κ3) is 4.65. The van der Waals surface area contributed by atoms with Crippen molar-refractivity contribution in [3.8, 4) is 11.1 Å². The average molecular weight is 462 g/mol. The van der Waals surface area contributed by atoms with Crippen LogP contribution in [-0.4, -0.2) is 26.3 Å². The maximum absolute atomic E-state index is 13.2. The minimum Gasteiger partial charge on any atom is -0.366 e. The summed E-state index contributed by atoms with van der Waals surface area (Å²) in [6, 6.07) is 28.7. The number of carbonyl (C=O) groups is 2. The van der Waals surface area contributed by atoms with Gasteiger partial charge in [-0.25, -0.2) is 9.50 Å². The first-order chi connectivity index (χ1) is 17.1. The van der Waals surface area contributed by atoms with Gasteiger partial charge in [0.25, 0.3) is 0 Å². The van der Waals surface area contributed by atoms with Crippen LogP contribution in [0.5, 0.6) is 0 Å². The third-order valence-electron chi connectivity index (χ3n) is 5.78. The zero-order valence-corrected chi connectivity index (χ0v) is 18.9. The van der Waals surface area contributed by atoms with E-state index in [2.05, 4.69) is 15.4 Å². The highest BCUT2D eigenvalue weighted by Crippen LogP contribution is 2.30. The Hall–Kier alpha value is -4.78. The van der Waals surface area contributed by atoms with E-state index in [0.717, 1.165) is 22.2 Å². The van der Waals surface area contributed by atoms with Crippen LogP contribution in [0.25, 0.3) is 16.6 Å². The SMILES string of the molecule is NC(=O)c1ccccc1CC(=O)c1nc(NCc2ccccc2)c2c(-c3ccccc3)ccn2n1. The van der Waals surface area contributed by atoms with Crippen molar-refractivity contribution in [1.29, 1.82) is 0 Å². The second-order valence-electron chi connectivity index (χ2n) is 8.13. The third-order valence-corrected chi connectivity index (χ3v) is 5.78. The lowest BCUT2D eigenvalue weighted by atomic mass is 10.0. The molecular formula is C28H23N5O2. The predicted molar refractivity (Wildman–Crippen MR) is 135 cm³/mol. The maximum Gasteiger partial charge on any atom is 0.248 e. The van der Waals surface area contributed by atoms with Crippen molar-refractivity contribution in [1.82, 2.24) is 14.6 Å². The van der Waals surface area contributed by atoms with Gasteiger partial charge in [0.15, 0.2) is 5.82 Å². The van der Waals surface area contributed by atoms with E-state index in [-0.39, 0.29) is 18.0 Å². The van der Waals surface area contributed by atoms with Crippen LogP contribution >= 0.6 is 0 Å². The van der Waals surface area contributed by atoms with E-state index in [4.69, 9.17) is 5.73 Å². The fourth-order valence-corrected chi connectivity index (χ4v) is 4.07. The number of amides is 1. The lowest BCUT2D eigenvalue weighted by Gasteiger charge is -2.12. The first kappa shape index (κ1) is 22.0. The number of benzene rings is 3. The number of aromatic nitrogens is 3. The van der Waals surface area contributed by atoms with Crippen molar-refractivity contribution in [3.63, 3.8) is 0 Å². The molecule has 0 atom stereocenters. The fourth-order valence-electron chi connectivity index (χ4n) is 4.07. The van der Waals surface area contributed by atoms with Gasteiger partial charge < -0.3 is 11.1 Å². The molecule has 1 amide bonds. The number of hydrogen-bond acceptors (Lipinski definition) is 5. The number of carbonyl (C=O) groups excluding carboxylic acids is 2. The first-order valence-electron chi connectivity index (χ1n) is 11.2. The van der Waals surface area contributed by atoms with Gasteiger partial charge in [-0.15, -0.1) is 5.10 Å². The highest BCUT2D eigenvalue weighted by atomic mass is 16.1. The molecule has 0 unspecified atom stereocenters. The van der Waals surface area contributed by atoms with Crippen LogP contribution < -0.4 is 11.1 Å². The zero-order chi connectivity index (χ0) is 24.2. The number of fused-ring (bicyclic) bond motifs is 1. The van der Waals surface area contributed by atoms with E-state index < -0.39 is 5.91 Å². The van der Waals surface area contributed by atoms with Crippen LogP contribution in [0, 0.1) is 0 Å². The molecular weight excluding hydrogens is 438 g/mol. The largest absolute Gasteiger partial charge is 0.366 e. The summed E-state index contributed by atoms with van der Waals surface area (Å²) in [6.45, 7) is 0.533. The summed E-state index contributed by atoms with van der Waals surface area (Å²) in [5.74, 6) is -0.270. The van der Waals surface area contributed by atoms with Crippen LogP contribution in [0.2, 0.25) is 0 Å². The molecule has 2 aromatic heterocycles. The number of anilines is 1. The van der Waals surface area contributed by atoms with Gasteiger partial charge in [-0.3, -0.25) is 9.59 Å². The summed E-state index contributed by atoms with van der Waals surface area (Å²) in [7, 11) is 0. The van der Waals surface area contributed by atoms with Crippen LogP contribution in [0.4, 0.5) is 5.82 Å². The van der Waals surface area contributed by atoms with Gasteiger partial charge in [0.2, 0.25) is 17.5 Å². The van der Waals surface area contributed by atoms with Crippen molar-refractivity contribution in [2.75, 3.05) is 5.32 Å². The molecule has 35 heavy (non-hydrogen) atoms. The van der Waals surface area contributed by atoms with Gasteiger partial charge in [-0.2, -0.15) is 0 Å². The molecule has 0 saturated heterocycles. The number of nitrogens with one attached hydrogen (secondary N) is 1. The van der Waals surface area contributed by atoms with E-state index in [9.17, 15) is 9.59 Å². The maximum atomic E-state index is 13.2. The van der Waals surface area contributed by atoms with E-state index in [0.29, 0.717) is 23.5 Å². The molecule has 0 aliphatic heterocycles. The molecule has 7 nitrogen and oxygen atoms in total. The Balaban J connectivity index is 1.55. The molecule has 172 valence electrons. The predicted octanol–water partition coefficient (Wildman–Crippen LogP) is 4.53. The van der Waals surface area contributed by atoms with E-state index in [1.807, 2.05) is 72.9 Å². The molecule has 5 rings (SSSR count). The van der Waals surface area contributed by atoms with Gasteiger partial charge in [0.1, 0.15) is 5.52 Å². The summed E-state index contributed by atoms with van der Waals surface area (Å²) in [5.41, 5.74) is 10.2. The van der Waals surface area contributed by atoms with Crippen LogP contribution in [0.15, 0.2) is 97.2 Å². The van der Waals surface area contributed by atoms with Gasteiger partial charge in [-0.05, 0) is 28.8 Å². The Morgan fingerprint density at radius 3 is 2.29 bits per heavy atom. The van der Waals surface area contributed by atoms with Gasteiger partial charge in [0.05, 0.1) is 0 Å². The quantitative estimate of drug-likeness (QED) is 0.331. The summed E-state index contributed by atoms with van der Waals surface area (Å²) >= 11 is 0. The number of rotatable bonds is 8. The average Bonchev–Trinajstić information content (AvgIpc) is 3.33. The summed E-state index contributed by atoms with van der Waals surface area (Å²) in [6.07, 6.45) is 1.79. The molecule has 0 spiro atoms. The van der Waals surface area contributed by atoms with E-state index in [1.165, 1.54) is 0 Å². The topological polar surface area (TPSA) is 102 Å². The minimum absolute atomic E-state index is 0.0322. The summed E-state index contributed by atoms with van der Waals surface area (Å²) < 4.78 is 1.68. The van der Waals surface area contributed by atoms with Gasteiger partial charge >= 0.3 is 0 Å². The molecule has 3 N–H and O–H groups in total. The molecule has 0 aliphatic rings. The number of primary amides is 1. The molecule has 3 aromatic carbocycles. The molecule has 7 heteroatoms. The van der Waals surface area contributed by atoms with Crippen LogP contribution in [0.3, 0.4) is 0 Å². The standard InChI is InChI=1S/C28H23N5O2/c29-26(35)23-14-8-7-13-21(23)17-24(34)27-31-28(30-18-19-9-3-1-4-10-19)25-22(15-16-33(25)32-27)20-11-5-2-6-12-20/h1-16H,17-18H2,(H2,29,35)(H,30,31,32). The number of Topliss-reactive ketones (excluding diaryl/α,β-unsaturated/α-hetero) is 1. The van der Waals surface area contributed by atoms with Crippen molar-refractivity contribution in [2.45, 2.75) is 13.0 Å². The summed E-state index contributed by atoms with van der Waals surface area (Å²) in [5, 5.41) is 7.90. The lowest BCUT2D eigenvalue weighted by Crippen LogP contribution is -2.18. The highest BCUT2D eigenvalue weighted by molar-refractivity contribution is 6.00. The Morgan fingerprint density at radius 1 is 0.857 bits per heavy atom. The molecule has 0 aliphatic carbocycles. The van der Waals surface area contributed by atoms with Crippen LogP contribution in [-0.2, 0) is 13.0 Å². The first-order valence-corrected chi connectivity index (χ1v) is 11.2. The van der Waals surface area contributed by atoms with Crippen molar-refractivity contribution >= 4 is 23.0 Å². The Kier molecular flexibility index (Phi) is 6.05. The molecule has 0 saturated carbocycles. The Labute approximate surface area is 202 Å². The minimum atomic E-state index is -0.576. The highest BCUT2D eigenvalue weighted by Gasteiger charge is 2.20. The fraction of sp³-hybridized carbons (Fsp3) is 0.0714. The molecule has 0 fully saturated rings. The monoisotopic (exact) mass is 461 g/mol. The molecule has 5 aromatic rings. The number of hydrogen-bond donors (Lipinski definition) is 2. The zero-order valence-electron chi connectivity index (χ0n) is 18.9. The Morgan fingerprint density at radius 2 is 1.54 bits per heavy atom. The smallest absolute Gasteiger partial charge is 0.248 e. The summed E-state index contributed by atoms with van der Waals surface area (Å²) in [4.78, 5) is 29.6. The van der Waals surface area contributed by atoms with E-state index in [1.54, 1.807) is 28.8 Å². The van der Waals surface area contributed by atoms with Gasteiger partial charge in [0, 0.05) is 30.3 Å². The second kappa shape index (κ2) is 9.61. The number of nitrogens with two attached hydrogens (primary N) is 1. The number of nitrogens with zero attached hydrogens (tertiary/aromatic N) is 3. The van der Waals surface area contributed by atoms with Crippen molar-refractivity contribution < 1.29 is 9.59 Å². The number of ketones is 1. The van der Waals surface area contributed by atoms with Gasteiger partial charge in [-0.1, -0.05) is 78.9 Å². The van der Waals surface area contributed by atoms with Crippen LogP contribution in [0.1, 0.15) is 32.1 Å². The van der Waals surface area contributed by atoms with E-state index >= 15 is 0 Å². The molecule has 0 radical (unpaired) electrons. The van der Waals surface area contributed by atoms with Crippen molar-refractivity contribution in [2.24, 2.45) is 5.73 Å². The molecule has 2 heterocycles. The second-order valence-corrected chi connectivity index (χ2v) is 8.13. The normalized spacial score (nSPS) is 10.9. The van der Waals surface area contributed by atoms with Crippen molar-refractivity contribution in [3.05, 3.63) is 120 Å². The molecule has 0 bridgehead atoms.